The van der Waals surface area contributed by atoms with Crippen molar-refractivity contribution in [3.05, 3.63) is 29.8 Å². The van der Waals surface area contributed by atoms with Gasteiger partial charge in [0, 0.05) is 6.54 Å². The van der Waals surface area contributed by atoms with Crippen molar-refractivity contribution in [3.8, 4) is 5.75 Å². The van der Waals surface area contributed by atoms with Crippen LogP contribution in [0.1, 0.15) is 24.2 Å². The predicted molar refractivity (Wildman–Crippen MR) is 66.6 cm³/mol. The van der Waals surface area contributed by atoms with E-state index >= 15 is 0 Å². The lowest BCUT2D eigenvalue weighted by Gasteiger charge is -2.12. The van der Waals surface area contributed by atoms with Crippen molar-refractivity contribution in [1.29, 1.82) is 0 Å². The van der Waals surface area contributed by atoms with Crippen LogP contribution in [0.4, 0.5) is 0 Å². The van der Waals surface area contributed by atoms with E-state index in [1.807, 2.05) is 0 Å². The fourth-order valence-electron chi connectivity index (χ4n) is 1.33. The van der Waals surface area contributed by atoms with Crippen LogP contribution >= 0.6 is 0 Å². The molecular weight excluding hydrogens is 234 g/mol. The molecule has 18 heavy (non-hydrogen) atoms. The van der Waals surface area contributed by atoms with Gasteiger partial charge < -0.3 is 14.8 Å². The number of hydrogen-bond acceptors (Lipinski definition) is 4. The van der Waals surface area contributed by atoms with Gasteiger partial charge >= 0.3 is 5.97 Å². The number of carbonyl (C=O) groups excluding carboxylic acids is 2. The summed E-state index contributed by atoms with van der Waals surface area (Å²) in [7, 11) is 1.55. The smallest absolute Gasteiger partial charge is 0.338 e. The van der Waals surface area contributed by atoms with E-state index in [9.17, 15) is 9.59 Å². The van der Waals surface area contributed by atoms with E-state index in [4.69, 9.17) is 9.47 Å². The standard InChI is InChI=1S/C13H17NO4/c1-4-14-12(15)9(2)18-13(16)10-5-7-11(17-3)8-6-10/h5-9H,4H2,1-3H3,(H,14,15)/t9-/m0/s1. The summed E-state index contributed by atoms with van der Waals surface area (Å²) in [5, 5.41) is 2.58. The highest BCUT2D eigenvalue weighted by molar-refractivity contribution is 5.92. The molecular formula is C13H17NO4. The molecule has 0 aliphatic carbocycles. The molecule has 1 aromatic carbocycles. The molecule has 0 saturated carbocycles. The van der Waals surface area contributed by atoms with Gasteiger partial charge in [0.05, 0.1) is 12.7 Å². The average Bonchev–Trinajstić information content (AvgIpc) is 2.39. The molecule has 0 aromatic heterocycles. The maximum absolute atomic E-state index is 11.7. The molecule has 1 rings (SSSR count). The Morgan fingerprint density at radius 3 is 2.39 bits per heavy atom. The second kappa shape index (κ2) is 6.64. The summed E-state index contributed by atoms with van der Waals surface area (Å²) in [4.78, 5) is 23.1. The minimum atomic E-state index is -0.806. The quantitative estimate of drug-likeness (QED) is 0.803. The molecule has 0 aliphatic rings. The Hall–Kier alpha value is -2.04. The predicted octanol–water partition coefficient (Wildman–Crippen LogP) is 1.38. The molecule has 1 amide bonds. The van der Waals surface area contributed by atoms with Crippen LogP contribution in [-0.2, 0) is 9.53 Å². The highest BCUT2D eigenvalue weighted by Crippen LogP contribution is 2.12. The van der Waals surface area contributed by atoms with Crippen molar-refractivity contribution in [2.45, 2.75) is 20.0 Å². The SMILES string of the molecule is CCNC(=O)[C@H](C)OC(=O)c1ccc(OC)cc1. The number of benzene rings is 1. The number of rotatable bonds is 5. The molecule has 1 N–H and O–H groups in total. The highest BCUT2D eigenvalue weighted by atomic mass is 16.5. The summed E-state index contributed by atoms with van der Waals surface area (Å²) < 4.78 is 10.0. The van der Waals surface area contributed by atoms with Gasteiger partial charge in [-0.05, 0) is 38.1 Å². The maximum Gasteiger partial charge on any atom is 0.338 e. The van der Waals surface area contributed by atoms with E-state index in [0.717, 1.165) is 0 Å². The molecule has 0 heterocycles. The summed E-state index contributed by atoms with van der Waals surface area (Å²) in [6.45, 7) is 3.84. The van der Waals surface area contributed by atoms with Gasteiger partial charge in [-0.25, -0.2) is 4.79 Å². The molecule has 0 aliphatic heterocycles. The maximum atomic E-state index is 11.7. The van der Waals surface area contributed by atoms with Crippen LogP contribution in [0.3, 0.4) is 0 Å². The topological polar surface area (TPSA) is 64.6 Å². The zero-order valence-electron chi connectivity index (χ0n) is 10.7. The Labute approximate surface area is 106 Å². The van der Waals surface area contributed by atoms with Crippen molar-refractivity contribution >= 4 is 11.9 Å². The van der Waals surface area contributed by atoms with Gasteiger partial charge in [0.25, 0.3) is 5.91 Å². The third-order valence-electron chi connectivity index (χ3n) is 2.33. The molecule has 1 aromatic rings. The van der Waals surface area contributed by atoms with Crippen LogP contribution in [0.5, 0.6) is 5.75 Å². The second-order valence-electron chi connectivity index (χ2n) is 3.67. The van der Waals surface area contributed by atoms with Crippen molar-refractivity contribution < 1.29 is 19.1 Å². The van der Waals surface area contributed by atoms with Crippen molar-refractivity contribution in [2.24, 2.45) is 0 Å². The van der Waals surface area contributed by atoms with Gasteiger partial charge in [-0.15, -0.1) is 0 Å². The number of carbonyl (C=O) groups is 2. The van der Waals surface area contributed by atoms with Crippen LogP contribution in [-0.4, -0.2) is 31.6 Å². The molecule has 5 nitrogen and oxygen atoms in total. The summed E-state index contributed by atoms with van der Waals surface area (Å²) >= 11 is 0. The first-order valence-corrected chi connectivity index (χ1v) is 5.71. The largest absolute Gasteiger partial charge is 0.497 e. The van der Waals surface area contributed by atoms with Gasteiger partial charge in [-0.1, -0.05) is 0 Å². The van der Waals surface area contributed by atoms with Crippen LogP contribution < -0.4 is 10.1 Å². The monoisotopic (exact) mass is 251 g/mol. The normalized spacial score (nSPS) is 11.5. The van der Waals surface area contributed by atoms with Crippen molar-refractivity contribution in [1.82, 2.24) is 5.32 Å². The molecule has 0 radical (unpaired) electrons. The first-order chi connectivity index (χ1) is 8.58. The molecule has 0 bridgehead atoms. The molecule has 0 saturated heterocycles. The summed E-state index contributed by atoms with van der Waals surface area (Å²) in [6.07, 6.45) is -0.806. The first kappa shape index (κ1) is 14.0. The van der Waals surface area contributed by atoms with Crippen LogP contribution in [0.2, 0.25) is 0 Å². The van der Waals surface area contributed by atoms with E-state index in [-0.39, 0.29) is 5.91 Å². The number of likely N-dealkylation sites (N-methyl/N-ethyl adjacent to an activating group) is 1. The average molecular weight is 251 g/mol. The first-order valence-electron chi connectivity index (χ1n) is 5.71. The third-order valence-corrected chi connectivity index (χ3v) is 2.33. The van der Waals surface area contributed by atoms with E-state index < -0.39 is 12.1 Å². The van der Waals surface area contributed by atoms with Crippen LogP contribution in [0, 0.1) is 0 Å². The zero-order chi connectivity index (χ0) is 13.5. The lowest BCUT2D eigenvalue weighted by molar-refractivity contribution is -0.128. The molecule has 0 unspecified atom stereocenters. The number of esters is 1. The Kier molecular flexibility index (Phi) is 5.17. The van der Waals surface area contributed by atoms with Crippen LogP contribution in [0.25, 0.3) is 0 Å². The van der Waals surface area contributed by atoms with Gasteiger partial charge in [0.2, 0.25) is 0 Å². The lowest BCUT2D eigenvalue weighted by atomic mass is 10.2. The summed E-state index contributed by atoms with van der Waals surface area (Å²) in [5.74, 6) is -0.181. The number of nitrogens with one attached hydrogen (secondary N) is 1. The number of amides is 1. The number of hydrogen-bond donors (Lipinski definition) is 1. The van der Waals surface area contributed by atoms with Gasteiger partial charge in [-0.2, -0.15) is 0 Å². The summed E-state index contributed by atoms with van der Waals surface area (Å²) in [5.41, 5.74) is 0.381. The number of methoxy groups -OCH3 is 1. The van der Waals surface area contributed by atoms with E-state index in [2.05, 4.69) is 5.32 Å². The zero-order valence-corrected chi connectivity index (χ0v) is 10.7. The fraction of sp³-hybridized carbons (Fsp3) is 0.385. The Bertz CT molecular complexity index is 414. The Balaban J connectivity index is 2.61. The highest BCUT2D eigenvalue weighted by Gasteiger charge is 2.17. The van der Waals surface area contributed by atoms with E-state index in [1.54, 1.807) is 38.3 Å². The minimum absolute atomic E-state index is 0.306. The molecule has 5 heteroatoms. The third kappa shape index (κ3) is 3.76. The molecule has 0 fully saturated rings. The van der Waals surface area contributed by atoms with E-state index in [1.165, 1.54) is 6.92 Å². The summed E-state index contributed by atoms with van der Waals surface area (Å²) in [6, 6.07) is 6.50. The molecule has 0 spiro atoms. The Morgan fingerprint density at radius 2 is 1.89 bits per heavy atom. The molecule has 98 valence electrons. The van der Waals surface area contributed by atoms with Crippen molar-refractivity contribution in [3.63, 3.8) is 0 Å². The Morgan fingerprint density at radius 1 is 1.28 bits per heavy atom. The molecule has 1 atom stereocenters. The number of ether oxygens (including phenoxy) is 2. The van der Waals surface area contributed by atoms with Crippen LogP contribution in [0.15, 0.2) is 24.3 Å². The van der Waals surface area contributed by atoms with E-state index in [0.29, 0.717) is 17.9 Å². The van der Waals surface area contributed by atoms with Crippen molar-refractivity contribution in [2.75, 3.05) is 13.7 Å². The fourth-order valence-corrected chi connectivity index (χ4v) is 1.33. The van der Waals surface area contributed by atoms with Gasteiger partial charge in [-0.3, -0.25) is 4.79 Å². The lowest BCUT2D eigenvalue weighted by Crippen LogP contribution is -2.35. The van der Waals surface area contributed by atoms with Gasteiger partial charge in [0.1, 0.15) is 5.75 Å². The minimum Gasteiger partial charge on any atom is -0.497 e. The second-order valence-corrected chi connectivity index (χ2v) is 3.67. The van der Waals surface area contributed by atoms with Gasteiger partial charge in [0.15, 0.2) is 6.10 Å².